The van der Waals surface area contributed by atoms with Crippen molar-refractivity contribution < 1.29 is 14.3 Å². The minimum Gasteiger partial charge on any atom is -0.478 e. The summed E-state index contributed by atoms with van der Waals surface area (Å²) in [4.78, 5) is 11.2. The van der Waals surface area contributed by atoms with Crippen molar-refractivity contribution in [1.82, 2.24) is 9.78 Å². The van der Waals surface area contributed by atoms with Crippen molar-refractivity contribution in [1.29, 1.82) is 0 Å². The summed E-state index contributed by atoms with van der Waals surface area (Å²) in [7, 11) is 0. The smallest absolute Gasteiger partial charge is 0.336 e. The Bertz CT molecular complexity index is 797. The molecule has 5 heteroatoms. The van der Waals surface area contributed by atoms with Crippen LogP contribution in [0, 0.1) is 5.82 Å². The summed E-state index contributed by atoms with van der Waals surface area (Å²) in [5.41, 5.74) is 1.84. The molecule has 104 valence electrons. The number of carbonyl (C=O) groups is 1. The maximum absolute atomic E-state index is 13.2. The summed E-state index contributed by atoms with van der Waals surface area (Å²) < 4.78 is 14.9. The zero-order valence-electron chi connectivity index (χ0n) is 10.9. The molecule has 0 amide bonds. The molecule has 0 saturated heterocycles. The van der Waals surface area contributed by atoms with E-state index in [9.17, 15) is 14.3 Å². The monoisotopic (exact) mass is 282 g/mol. The molecule has 3 aromatic rings. The maximum Gasteiger partial charge on any atom is 0.336 e. The molecule has 1 N–H and O–H groups in total. The molecule has 0 aliphatic heterocycles. The molecule has 0 atom stereocenters. The number of nitrogens with zero attached hydrogens (tertiary/aromatic N) is 2. The van der Waals surface area contributed by atoms with E-state index >= 15 is 0 Å². The lowest BCUT2D eigenvalue weighted by Crippen LogP contribution is -2.00. The summed E-state index contributed by atoms with van der Waals surface area (Å²) in [5, 5.41) is 13.4. The van der Waals surface area contributed by atoms with Crippen molar-refractivity contribution in [2.24, 2.45) is 0 Å². The van der Waals surface area contributed by atoms with Crippen LogP contribution in [0.2, 0.25) is 0 Å². The largest absolute Gasteiger partial charge is 0.478 e. The SMILES string of the molecule is O=C(O)c1cc(F)ccc1-c1cnn(-c2ccccc2)c1. The van der Waals surface area contributed by atoms with E-state index in [1.165, 1.54) is 12.1 Å². The first-order valence-electron chi connectivity index (χ1n) is 6.28. The van der Waals surface area contributed by atoms with E-state index < -0.39 is 11.8 Å². The Balaban J connectivity index is 2.07. The van der Waals surface area contributed by atoms with Crippen LogP contribution in [0.4, 0.5) is 4.39 Å². The van der Waals surface area contributed by atoms with Crippen LogP contribution >= 0.6 is 0 Å². The van der Waals surface area contributed by atoms with Gasteiger partial charge in [-0.2, -0.15) is 5.10 Å². The van der Waals surface area contributed by atoms with Crippen molar-refractivity contribution in [2.45, 2.75) is 0 Å². The van der Waals surface area contributed by atoms with Gasteiger partial charge in [0, 0.05) is 11.8 Å². The van der Waals surface area contributed by atoms with Crippen LogP contribution in [0.25, 0.3) is 16.8 Å². The molecule has 0 unspecified atom stereocenters. The number of halogens is 1. The van der Waals surface area contributed by atoms with Crippen molar-refractivity contribution >= 4 is 5.97 Å². The lowest BCUT2D eigenvalue weighted by Gasteiger charge is -2.03. The first-order chi connectivity index (χ1) is 10.1. The average molecular weight is 282 g/mol. The van der Waals surface area contributed by atoms with Crippen LogP contribution < -0.4 is 0 Å². The lowest BCUT2D eigenvalue weighted by molar-refractivity contribution is 0.0697. The molecule has 4 nitrogen and oxygen atoms in total. The fourth-order valence-corrected chi connectivity index (χ4v) is 2.13. The summed E-state index contributed by atoms with van der Waals surface area (Å²) in [6, 6.07) is 13.1. The van der Waals surface area contributed by atoms with Crippen molar-refractivity contribution in [3.05, 3.63) is 72.3 Å². The van der Waals surface area contributed by atoms with Gasteiger partial charge in [-0.25, -0.2) is 13.9 Å². The van der Waals surface area contributed by atoms with E-state index in [0.29, 0.717) is 11.1 Å². The summed E-state index contributed by atoms with van der Waals surface area (Å²) in [5.74, 6) is -1.75. The third-order valence-electron chi connectivity index (χ3n) is 3.13. The van der Waals surface area contributed by atoms with Crippen molar-refractivity contribution in [2.75, 3.05) is 0 Å². The van der Waals surface area contributed by atoms with Gasteiger partial charge in [0.05, 0.1) is 17.4 Å². The summed E-state index contributed by atoms with van der Waals surface area (Å²) in [6.07, 6.45) is 3.28. The van der Waals surface area contributed by atoms with Gasteiger partial charge in [-0.15, -0.1) is 0 Å². The Kier molecular flexibility index (Phi) is 3.23. The number of hydrogen-bond acceptors (Lipinski definition) is 2. The van der Waals surface area contributed by atoms with E-state index in [4.69, 9.17) is 0 Å². The number of carboxylic acid groups (broad SMARTS) is 1. The van der Waals surface area contributed by atoms with Crippen molar-refractivity contribution in [3.63, 3.8) is 0 Å². The molecule has 1 heterocycles. The van der Waals surface area contributed by atoms with Crippen LogP contribution in [-0.4, -0.2) is 20.9 Å². The predicted octanol–water partition coefficient (Wildman–Crippen LogP) is 3.38. The highest BCUT2D eigenvalue weighted by atomic mass is 19.1. The minimum atomic E-state index is -1.17. The molecule has 2 aromatic carbocycles. The quantitative estimate of drug-likeness (QED) is 0.801. The Morgan fingerprint density at radius 2 is 1.90 bits per heavy atom. The van der Waals surface area contributed by atoms with Gasteiger partial charge in [-0.3, -0.25) is 0 Å². The van der Waals surface area contributed by atoms with Crippen LogP contribution in [0.1, 0.15) is 10.4 Å². The maximum atomic E-state index is 13.2. The van der Waals surface area contributed by atoms with Gasteiger partial charge in [0.15, 0.2) is 0 Å². The van der Waals surface area contributed by atoms with Gasteiger partial charge in [0.2, 0.25) is 0 Å². The molecule has 21 heavy (non-hydrogen) atoms. The van der Waals surface area contributed by atoms with Gasteiger partial charge < -0.3 is 5.11 Å². The number of benzene rings is 2. The molecule has 0 fully saturated rings. The number of aromatic nitrogens is 2. The molecule has 0 aliphatic rings. The molecule has 0 bridgehead atoms. The van der Waals surface area contributed by atoms with E-state index in [0.717, 1.165) is 11.8 Å². The van der Waals surface area contributed by atoms with E-state index in [1.54, 1.807) is 17.1 Å². The van der Waals surface area contributed by atoms with Crippen LogP contribution in [0.3, 0.4) is 0 Å². The van der Waals surface area contributed by atoms with Gasteiger partial charge in [0.1, 0.15) is 5.82 Å². The molecule has 3 rings (SSSR count). The fourth-order valence-electron chi connectivity index (χ4n) is 2.13. The Hall–Kier alpha value is -2.95. The molecular formula is C16H11FN2O2. The molecule has 1 aromatic heterocycles. The standard InChI is InChI=1S/C16H11FN2O2/c17-12-6-7-14(15(8-12)16(20)21)11-9-18-19(10-11)13-4-2-1-3-5-13/h1-10H,(H,20,21). The topological polar surface area (TPSA) is 55.1 Å². The predicted molar refractivity (Wildman–Crippen MR) is 75.9 cm³/mol. The van der Waals surface area contributed by atoms with Gasteiger partial charge in [-0.05, 0) is 29.8 Å². The number of para-hydroxylation sites is 1. The number of carboxylic acids is 1. The highest BCUT2D eigenvalue weighted by molar-refractivity contribution is 5.95. The first-order valence-corrected chi connectivity index (χ1v) is 6.28. The minimum absolute atomic E-state index is 0.0809. The Morgan fingerprint density at radius 3 is 2.62 bits per heavy atom. The molecule has 0 spiro atoms. The Morgan fingerprint density at radius 1 is 1.14 bits per heavy atom. The second-order valence-electron chi connectivity index (χ2n) is 4.50. The van der Waals surface area contributed by atoms with Crippen LogP contribution in [0.15, 0.2) is 60.9 Å². The summed E-state index contributed by atoms with van der Waals surface area (Å²) in [6.45, 7) is 0. The zero-order valence-corrected chi connectivity index (χ0v) is 10.9. The van der Waals surface area contributed by atoms with Crippen LogP contribution in [-0.2, 0) is 0 Å². The summed E-state index contributed by atoms with van der Waals surface area (Å²) >= 11 is 0. The molecular weight excluding hydrogens is 271 g/mol. The van der Waals surface area contributed by atoms with E-state index in [1.807, 2.05) is 30.3 Å². The Labute approximate surface area is 120 Å². The van der Waals surface area contributed by atoms with Gasteiger partial charge >= 0.3 is 5.97 Å². The first kappa shape index (κ1) is 13.1. The van der Waals surface area contributed by atoms with Gasteiger partial charge in [0.25, 0.3) is 0 Å². The molecule has 0 aliphatic carbocycles. The molecule has 0 radical (unpaired) electrons. The van der Waals surface area contributed by atoms with E-state index in [-0.39, 0.29) is 5.56 Å². The highest BCUT2D eigenvalue weighted by Crippen LogP contribution is 2.25. The normalized spacial score (nSPS) is 10.5. The van der Waals surface area contributed by atoms with Gasteiger partial charge in [-0.1, -0.05) is 24.3 Å². The van der Waals surface area contributed by atoms with E-state index in [2.05, 4.69) is 5.10 Å². The fraction of sp³-hybridized carbons (Fsp3) is 0. The second kappa shape index (κ2) is 5.20. The highest BCUT2D eigenvalue weighted by Gasteiger charge is 2.14. The van der Waals surface area contributed by atoms with Crippen molar-refractivity contribution in [3.8, 4) is 16.8 Å². The third-order valence-corrected chi connectivity index (χ3v) is 3.13. The number of rotatable bonds is 3. The molecule has 0 saturated carbocycles. The lowest BCUT2D eigenvalue weighted by atomic mass is 10.0. The number of hydrogen-bond donors (Lipinski definition) is 1. The number of aromatic carboxylic acids is 1. The zero-order chi connectivity index (χ0) is 14.8. The van der Waals surface area contributed by atoms with Crippen LogP contribution in [0.5, 0.6) is 0 Å². The second-order valence-corrected chi connectivity index (χ2v) is 4.50. The average Bonchev–Trinajstić information content (AvgIpc) is 2.97. The third kappa shape index (κ3) is 2.53.